The van der Waals surface area contributed by atoms with Gasteiger partial charge in [-0.05, 0) is 19.7 Å². The van der Waals surface area contributed by atoms with E-state index < -0.39 is 0 Å². The van der Waals surface area contributed by atoms with Crippen LogP contribution in [0.25, 0.3) is 0 Å². The van der Waals surface area contributed by atoms with Crippen molar-refractivity contribution in [3.63, 3.8) is 0 Å². The second-order valence-electron chi connectivity index (χ2n) is 3.90. The predicted octanol–water partition coefficient (Wildman–Crippen LogP) is 1.18. The van der Waals surface area contributed by atoms with Crippen molar-refractivity contribution in [2.45, 2.75) is 6.54 Å². The molecule has 4 heteroatoms. The molecule has 0 atom stereocenters. The van der Waals surface area contributed by atoms with Gasteiger partial charge in [0.15, 0.2) is 0 Å². The number of amides is 1. The van der Waals surface area contributed by atoms with Crippen molar-refractivity contribution in [1.29, 1.82) is 5.41 Å². The molecule has 0 bridgehead atoms. The zero-order chi connectivity index (χ0) is 12.0. The van der Waals surface area contributed by atoms with Gasteiger partial charge in [0.25, 0.3) is 0 Å². The summed E-state index contributed by atoms with van der Waals surface area (Å²) in [6.45, 7) is 0.919. The lowest BCUT2D eigenvalue weighted by molar-refractivity contribution is -0.115. The van der Waals surface area contributed by atoms with Gasteiger partial charge in [-0.25, -0.2) is 0 Å². The zero-order valence-electron chi connectivity index (χ0n) is 9.68. The number of nitrogens with one attached hydrogen (secondary N) is 1. The second-order valence-corrected chi connectivity index (χ2v) is 3.90. The van der Waals surface area contributed by atoms with E-state index in [2.05, 4.69) is 0 Å². The van der Waals surface area contributed by atoms with Crippen LogP contribution in [0.15, 0.2) is 30.3 Å². The summed E-state index contributed by atoms with van der Waals surface area (Å²) >= 11 is 0. The SMILES string of the molecule is CN(C)CC(=N)N(C=O)Cc1ccccc1. The minimum absolute atomic E-state index is 0.309. The van der Waals surface area contributed by atoms with Crippen molar-refractivity contribution in [2.75, 3.05) is 20.6 Å². The van der Waals surface area contributed by atoms with Gasteiger partial charge >= 0.3 is 0 Å². The monoisotopic (exact) mass is 219 g/mol. The van der Waals surface area contributed by atoms with E-state index in [0.29, 0.717) is 25.3 Å². The summed E-state index contributed by atoms with van der Waals surface area (Å²) in [5.41, 5.74) is 1.03. The molecular formula is C12H17N3O. The first-order valence-corrected chi connectivity index (χ1v) is 5.11. The molecule has 0 aliphatic rings. The fourth-order valence-electron chi connectivity index (χ4n) is 1.37. The van der Waals surface area contributed by atoms with Crippen LogP contribution in [0.1, 0.15) is 5.56 Å². The fraction of sp³-hybridized carbons (Fsp3) is 0.333. The molecule has 0 spiro atoms. The molecule has 86 valence electrons. The number of likely N-dealkylation sites (N-methyl/N-ethyl adjacent to an activating group) is 1. The van der Waals surface area contributed by atoms with Gasteiger partial charge in [-0.2, -0.15) is 0 Å². The van der Waals surface area contributed by atoms with Crippen molar-refractivity contribution in [2.24, 2.45) is 0 Å². The Morgan fingerprint density at radius 2 is 1.94 bits per heavy atom. The molecule has 0 aliphatic heterocycles. The minimum atomic E-state index is 0.309. The summed E-state index contributed by atoms with van der Waals surface area (Å²) in [4.78, 5) is 14.2. The van der Waals surface area contributed by atoms with Crippen molar-refractivity contribution >= 4 is 12.2 Å². The van der Waals surface area contributed by atoms with Gasteiger partial charge in [-0.15, -0.1) is 0 Å². The minimum Gasteiger partial charge on any atom is -0.302 e. The highest BCUT2D eigenvalue weighted by Crippen LogP contribution is 2.03. The summed E-state index contributed by atoms with van der Waals surface area (Å²) in [6, 6.07) is 9.67. The maximum atomic E-state index is 10.9. The van der Waals surface area contributed by atoms with Gasteiger partial charge in [0.05, 0.1) is 13.1 Å². The van der Waals surface area contributed by atoms with Gasteiger partial charge in [0.1, 0.15) is 5.84 Å². The molecule has 16 heavy (non-hydrogen) atoms. The zero-order valence-corrected chi connectivity index (χ0v) is 9.68. The first-order chi connectivity index (χ1) is 7.63. The van der Waals surface area contributed by atoms with Gasteiger partial charge in [0.2, 0.25) is 6.41 Å². The lowest BCUT2D eigenvalue weighted by Crippen LogP contribution is -2.35. The van der Waals surface area contributed by atoms with Crippen LogP contribution in [0.5, 0.6) is 0 Å². The van der Waals surface area contributed by atoms with Crippen LogP contribution in [-0.4, -0.2) is 42.7 Å². The third kappa shape index (κ3) is 3.82. The molecule has 1 aromatic carbocycles. The molecule has 0 heterocycles. The van der Waals surface area contributed by atoms with Gasteiger partial charge < -0.3 is 4.90 Å². The van der Waals surface area contributed by atoms with Crippen molar-refractivity contribution in [3.8, 4) is 0 Å². The second kappa shape index (κ2) is 6.02. The Bertz CT molecular complexity index is 349. The first kappa shape index (κ1) is 12.4. The maximum Gasteiger partial charge on any atom is 0.215 e. The average Bonchev–Trinajstić information content (AvgIpc) is 2.26. The van der Waals surface area contributed by atoms with Crippen molar-refractivity contribution < 1.29 is 4.79 Å². The topological polar surface area (TPSA) is 47.4 Å². The highest BCUT2D eigenvalue weighted by Gasteiger charge is 2.09. The molecule has 0 aromatic heterocycles. The van der Waals surface area contributed by atoms with E-state index in [1.54, 1.807) is 0 Å². The molecule has 1 N–H and O–H groups in total. The number of amidine groups is 1. The summed E-state index contributed by atoms with van der Waals surface area (Å²) in [5, 5.41) is 7.78. The highest BCUT2D eigenvalue weighted by molar-refractivity contribution is 5.89. The molecule has 0 fully saturated rings. The Kier molecular flexibility index (Phi) is 4.66. The van der Waals surface area contributed by atoms with Gasteiger partial charge in [0, 0.05) is 0 Å². The van der Waals surface area contributed by atoms with Crippen molar-refractivity contribution in [3.05, 3.63) is 35.9 Å². The van der Waals surface area contributed by atoms with Crippen LogP contribution in [0, 0.1) is 5.41 Å². The van der Waals surface area contributed by atoms with Crippen LogP contribution < -0.4 is 0 Å². The molecule has 1 rings (SSSR count). The Hall–Kier alpha value is -1.68. The summed E-state index contributed by atoms with van der Waals surface area (Å²) < 4.78 is 0. The van der Waals surface area contributed by atoms with Gasteiger partial charge in [-0.3, -0.25) is 15.1 Å². The number of rotatable bonds is 5. The normalized spacial score (nSPS) is 10.2. The van der Waals surface area contributed by atoms with Gasteiger partial charge in [-0.1, -0.05) is 30.3 Å². The van der Waals surface area contributed by atoms with Crippen LogP contribution >= 0.6 is 0 Å². The van der Waals surface area contributed by atoms with E-state index >= 15 is 0 Å². The lowest BCUT2D eigenvalue weighted by atomic mass is 10.2. The number of hydrogen-bond donors (Lipinski definition) is 1. The number of carbonyl (C=O) groups excluding carboxylic acids is 1. The molecule has 0 radical (unpaired) electrons. The fourth-order valence-corrected chi connectivity index (χ4v) is 1.37. The smallest absolute Gasteiger partial charge is 0.215 e. The number of benzene rings is 1. The number of hydrogen-bond acceptors (Lipinski definition) is 3. The van der Waals surface area contributed by atoms with Crippen LogP contribution in [0.3, 0.4) is 0 Å². The highest BCUT2D eigenvalue weighted by atomic mass is 16.1. The summed E-state index contributed by atoms with van der Waals surface area (Å²) in [7, 11) is 3.75. The number of nitrogens with zero attached hydrogens (tertiary/aromatic N) is 2. The van der Waals surface area contributed by atoms with Crippen LogP contribution in [0.2, 0.25) is 0 Å². The first-order valence-electron chi connectivity index (χ1n) is 5.11. The molecule has 4 nitrogen and oxygen atoms in total. The largest absolute Gasteiger partial charge is 0.302 e. The quantitative estimate of drug-likeness (QED) is 0.459. The Balaban J connectivity index is 2.62. The summed E-state index contributed by atoms with van der Waals surface area (Å²) in [5.74, 6) is 0.309. The van der Waals surface area contributed by atoms with E-state index in [4.69, 9.17) is 5.41 Å². The van der Waals surface area contributed by atoms with E-state index in [9.17, 15) is 4.79 Å². The molecular weight excluding hydrogens is 202 g/mol. The maximum absolute atomic E-state index is 10.9. The van der Waals surface area contributed by atoms with E-state index in [1.165, 1.54) is 4.90 Å². The molecule has 0 saturated carbocycles. The van der Waals surface area contributed by atoms with Crippen LogP contribution in [-0.2, 0) is 11.3 Å². The average molecular weight is 219 g/mol. The van der Waals surface area contributed by atoms with E-state index in [-0.39, 0.29) is 0 Å². The third-order valence-electron chi connectivity index (χ3n) is 2.14. The Morgan fingerprint density at radius 1 is 1.31 bits per heavy atom. The van der Waals surface area contributed by atoms with Crippen LogP contribution in [0.4, 0.5) is 0 Å². The standard InChI is InChI=1S/C12H17N3O/c1-14(2)9-12(13)15(10-16)8-11-6-4-3-5-7-11/h3-7,10,13H,8-9H2,1-2H3. The van der Waals surface area contributed by atoms with E-state index in [1.807, 2.05) is 49.3 Å². The molecule has 0 aliphatic carbocycles. The van der Waals surface area contributed by atoms with E-state index in [0.717, 1.165) is 5.56 Å². The lowest BCUT2D eigenvalue weighted by Gasteiger charge is -2.20. The predicted molar refractivity (Wildman–Crippen MR) is 64.3 cm³/mol. The Labute approximate surface area is 96.0 Å². The number of carbonyl (C=O) groups is 1. The molecule has 0 saturated heterocycles. The Morgan fingerprint density at radius 3 is 2.44 bits per heavy atom. The molecule has 1 aromatic rings. The summed E-state index contributed by atoms with van der Waals surface area (Å²) in [6.07, 6.45) is 0.707. The third-order valence-corrected chi connectivity index (χ3v) is 2.14. The molecule has 0 unspecified atom stereocenters. The van der Waals surface area contributed by atoms with Crippen molar-refractivity contribution in [1.82, 2.24) is 9.80 Å². The molecule has 1 amide bonds.